The fourth-order valence-electron chi connectivity index (χ4n) is 1.72. The first-order valence-electron chi connectivity index (χ1n) is 6.82. The summed E-state index contributed by atoms with van der Waals surface area (Å²) < 4.78 is 26.7. The lowest BCUT2D eigenvalue weighted by molar-refractivity contribution is 0.149. The van der Waals surface area contributed by atoms with Gasteiger partial charge in [-0.1, -0.05) is 32.9 Å². The van der Waals surface area contributed by atoms with E-state index in [1.807, 2.05) is 13.8 Å². The predicted octanol–water partition coefficient (Wildman–Crippen LogP) is 1.81. The van der Waals surface area contributed by atoms with Crippen molar-refractivity contribution in [1.29, 1.82) is 0 Å². The van der Waals surface area contributed by atoms with Gasteiger partial charge in [-0.2, -0.15) is 0 Å². The number of nitrogens with one attached hydrogen (secondary N) is 2. The highest BCUT2D eigenvalue weighted by Gasteiger charge is 2.23. The first-order valence-corrected chi connectivity index (χ1v) is 8.30. The van der Waals surface area contributed by atoms with Crippen molar-refractivity contribution in [3.63, 3.8) is 0 Å². The zero-order chi connectivity index (χ0) is 15.2. The van der Waals surface area contributed by atoms with Crippen LogP contribution in [0, 0.1) is 5.41 Å². The Morgan fingerprint density at radius 2 is 1.90 bits per heavy atom. The topological polar surface area (TPSA) is 78.4 Å². The van der Waals surface area contributed by atoms with Crippen LogP contribution in [0.5, 0.6) is 0 Å². The van der Waals surface area contributed by atoms with Gasteiger partial charge in [0.05, 0.1) is 12.3 Å². The van der Waals surface area contributed by atoms with Crippen LogP contribution in [0.3, 0.4) is 0 Å². The first kappa shape index (κ1) is 16.9. The van der Waals surface area contributed by atoms with Gasteiger partial charge in [0, 0.05) is 18.5 Å². The molecule has 0 saturated carbocycles. The highest BCUT2D eigenvalue weighted by molar-refractivity contribution is 7.89. The molecule has 1 aromatic rings. The van der Waals surface area contributed by atoms with Gasteiger partial charge in [-0.25, -0.2) is 13.1 Å². The van der Waals surface area contributed by atoms with Crippen LogP contribution in [0.15, 0.2) is 29.2 Å². The van der Waals surface area contributed by atoms with Crippen molar-refractivity contribution >= 4 is 15.7 Å². The summed E-state index contributed by atoms with van der Waals surface area (Å²) in [6.45, 7) is 6.62. The molecule has 1 rings (SSSR count). The summed E-state index contributed by atoms with van der Waals surface area (Å²) in [6, 6.07) is 6.79. The molecule has 6 heteroatoms. The number of hydrogen-bond acceptors (Lipinski definition) is 4. The van der Waals surface area contributed by atoms with E-state index in [1.165, 1.54) is 0 Å². The monoisotopic (exact) mass is 300 g/mol. The van der Waals surface area contributed by atoms with E-state index in [0.29, 0.717) is 18.8 Å². The summed E-state index contributed by atoms with van der Waals surface area (Å²) in [5.41, 5.74) is 0.288. The Hall–Kier alpha value is -1.11. The van der Waals surface area contributed by atoms with Crippen molar-refractivity contribution < 1.29 is 13.5 Å². The molecule has 0 aromatic heterocycles. The Balaban J connectivity index is 2.98. The molecule has 0 aliphatic rings. The van der Waals surface area contributed by atoms with Gasteiger partial charge in [0.25, 0.3) is 0 Å². The summed E-state index contributed by atoms with van der Waals surface area (Å²) in [5.74, 6) is 0. The van der Waals surface area contributed by atoms with Crippen molar-refractivity contribution in [1.82, 2.24) is 4.72 Å². The summed E-state index contributed by atoms with van der Waals surface area (Å²) in [7, 11) is -3.50. The van der Waals surface area contributed by atoms with Crippen LogP contribution >= 0.6 is 0 Å². The van der Waals surface area contributed by atoms with Gasteiger partial charge in [-0.15, -0.1) is 0 Å². The van der Waals surface area contributed by atoms with Gasteiger partial charge in [-0.05, 0) is 18.6 Å². The number of rotatable bonds is 8. The normalized spacial score (nSPS) is 14.8. The SMILES string of the molecule is CCNS(=O)(=O)c1ccccc1NCC(C)(CC)CO. The molecule has 1 atom stereocenters. The van der Waals surface area contributed by atoms with Gasteiger partial charge in [-0.3, -0.25) is 0 Å². The van der Waals surface area contributed by atoms with Crippen molar-refractivity contribution in [2.24, 2.45) is 5.41 Å². The van der Waals surface area contributed by atoms with Gasteiger partial charge >= 0.3 is 0 Å². The molecular weight excluding hydrogens is 276 g/mol. The number of sulfonamides is 1. The molecule has 0 spiro atoms. The Labute approximate surface area is 121 Å². The van der Waals surface area contributed by atoms with E-state index in [-0.39, 0.29) is 16.9 Å². The van der Waals surface area contributed by atoms with E-state index in [1.54, 1.807) is 31.2 Å². The van der Waals surface area contributed by atoms with E-state index in [0.717, 1.165) is 6.42 Å². The van der Waals surface area contributed by atoms with Crippen LogP contribution in [-0.2, 0) is 10.0 Å². The lowest BCUT2D eigenvalue weighted by atomic mass is 9.88. The van der Waals surface area contributed by atoms with Crippen LogP contribution in [0.2, 0.25) is 0 Å². The van der Waals surface area contributed by atoms with E-state index in [9.17, 15) is 13.5 Å². The maximum atomic E-state index is 12.1. The third-order valence-electron chi connectivity index (χ3n) is 3.45. The molecule has 0 saturated heterocycles. The van der Waals surface area contributed by atoms with E-state index in [4.69, 9.17) is 0 Å². The zero-order valence-corrected chi connectivity index (χ0v) is 13.1. The van der Waals surface area contributed by atoms with Crippen molar-refractivity contribution in [3.8, 4) is 0 Å². The van der Waals surface area contributed by atoms with E-state index >= 15 is 0 Å². The van der Waals surface area contributed by atoms with Crippen LogP contribution in [0.25, 0.3) is 0 Å². The minimum Gasteiger partial charge on any atom is -0.396 e. The van der Waals surface area contributed by atoms with Gasteiger partial charge in [0.15, 0.2) is 0 Å². The van der Waals surface area contributed by atoms with Gasteiger partial charge in [0.2, 0.25) is 10.0 Å². The second-order valence-corrected chi connectivity index (χ2v) is 6.91. The minimum absolute atomic E-state index is 0.0542. The molecule has 0 heterocycles. The van der Waals surface area contributed by atoms with E-state index < -0.39 is 10.0 Å². The number of aliphatic hydroxyl groups is 1. The maximum absolute atomic E-state index is 12.1. The number of benzene rings is 1. The molecule has 0 aliphatic heterocycles. The molecule has 0 bridgehead atoms. The smallest absolute Gasteiger partial charge is 0.242 e. The van der Waals surface area contributed by atoms with Crippen LogP contribution in [0.4, 0.5) is 5.69 Å². The predicted molar refractivity (Wildman–Crippen MR) is 81.3 cm³/mol. The van der Waals surface area contributed by atoms with Crippen LogP contribution in [0.1, 0.15) is 27.2 Å². The van der Waals surface area contributed by atoms with Crippen molar-refractivity contribution in [3.05, 3.63) is 24.3 Å². The molecule has 0 amide bonds. The van der Waals surface area contributed by atoms with Crippen molar-refractivity contribution in [2.45, 2.75) is 32.1 Å². The molecule has 0 aliphatic carbocycles. The summed E-state index contributed by atoms with van der Waals surface area (Å²) in [4.78, 5) is 0.234. The Morgan fingerprint density at radius 1 is 1.25 bits per heavy atom. The standard InChI is InChI=1S/C14H24N2O3S/c1-4-14(3,11-17)10-15-12-8-6-7-9-13(12)20(18,19)16-5-2/h6-9,15-17H,4-5,10-11H2,1-3H3. The highest BCUT2D eigenvalue weighted by atomic mass is 32.2. The highest BCUT2D eigenvalue weighted by Crippen LogP contribution is 2.25. The lowest BCUT2D eigenvalue weighted by Gasteiger charge is -2.27. The Kier molecular flexibility index (Phi) is 5.98. The van der Waals surface area contributed by atoms with E-state index in [2.05, 4.69) is 10.0 Å². The minimum atomic E-state index is -3.50. The summed E-state index contributed by atoms with van der Waals surface area (Å²) in [6.07, 6.45) is 0.804. The summed E-state index contributed by atoms with van der Waals surface area (Å²) in [5, 5.41) is 12.5. The maximum Gasteiger partial charge on any atom is 0.242 e. The molecule has 0 fully saturated rings. The lowest BCUT2D eigenvalue weighted by Crippen LogP contribution is -2.30. The van der Waals surface area contributed by atoms with Gasteiger partial charge in [0.1, 0.15) is 4.90 Å². The zero-order valence-electron chi connectivity index (χ0n) is 12.3. The summed E-state index contributed by atoms with van der Waals surface area (Å²) >= 11 is 0. The van der Waals surface area contributed by atoms with Gasteiger partial charge < -0.3 is 10.4 Å². The Morgan fingerprint density at radius 3 is 2.45 bits per heavy atom. The molecule has 3 N–H and O–H groups in total. The number of para-hydroxylation sites is 1. The average Bonchev–Trinajstić information content (AvgIpc) is 2.45. The molecule has 1 unspecified atom stereocenters. The first-order chi connectivity index (χ1) is 9.38. The number of anilines is 1. The fraction of sp³-hybridized carbons (Fsp3) is 0.571. The molecule has 20 heavy (non-hydrogen) atoms. The molecule has 0 radical (unpaired) electrons. The number of hydrogen-bond donors (Lipinski definition) is 3. The fourth-order valence-corrected chi connectivity index (χ4v) is 2.94. The third-order valence-corrected chi connectivity index (χ3v) is 5.06. The Bertz CT molecular complexity index is 525. The molecular formula is C14H24N2O3S. The van der Waals surface area contributed by atoms with Crippen LogP contribution in [-0.4, -0.2) is 33.2 Å². The van der Waals surface area contributed by atoms with Crippen molar-refractivity contribution in [2.75, 3.05) is 25.0 Å². The third kappa shape index (κ3) is 4.19. The quantitative estimate of drug-likeness (QED) is 0.684. The molecule has 5 nitrogen and oxygen atoms in total. The second-order valence-electron chi connectivity index (χ2n) is 5.17. The van der Waals surface area contributed by atoms with Crippen LogP contribution < -0.4 is 10.0 Å². The largest absolute Gasteiger partial charge is 0.396 e. The molecule has 114 valence electrons. The molecule has 1 aromatic carbocycles. The number of aliphatic hydroxyl groups excluding tert-OH is 1. The second kappa shape index (κ2) is 7.06. The average molecular weight is 300 g/mol.